The molecular formula is C11H11Cl2NO3. The summed E-state index contributed by atoms with van der Waals surface area (Å²) in [6.45, 7) is 0. The molecule has 0 amide bonds. The molecule has 0 aliphatic rings. The van der Waals surface area contributed by atoms with Crippen LogP contribution in [0.3, 0.4) is 0 Å². The van der Waals surface area contributed by atoms with Gasteiger partial charge in [0.2, 0.25) is 0 Å². The Labute approximate surface area is 109 Å². The largest absolute Gasteiger partial charge is 0.469 e. The van der Waals surface area contributed by atoms with Crippen molar-refractivity contribution in [2.24, 2.45) is 5.73 Å². The number of rotatable bonds is 4. The van der Waals surface area contributed by atoms with E-state index in [4.69, 9.17) is 28.9 Å². The van der Waals surface area contributed by atoms with Crippen LogP contribution in [0, 0.1) is 0 Å². The summed E-state index contributed by atoms with van der Waals surface area (Å²) < 4.78 is 4.43. The highest BCUT2D eigenvalue weighted by Crippen LogP contribution is 2.22. The number of nitrogens with two attached hydrogens (primary N) is 1. The number of carbonyl (C=O) groups is 2. The zero-order valence-corrected chi connectivity index (χ0v) is 10.6. The number of ether oxygens (including phenoxy) is 1. The van der Waals surface area contributed by atoms with Crippen LogP contribution >= 0.6 is 23.2 Å². The summed E-state index contributed by atoms with van der Waals surface area (Å²) in [4.78, 5) is 22.9. The maximum absolute atomic E-state index is 11.9. The Hall–Kier alpha value is -1.10. The van der Waals surface area contributed by atoms with Crippen LogP contribution in [0.4, 0.5) is 0 Å². The van der Waals surface area contributed by atoms with Crippen LogP contribution in [-0.4, -0.2) is 24.9 Å². The number of carbonyl (C=O) groups excluding carboxylic acids is 2. The van der Waals surface area contributed by atoms with Crippen molar-refractivity contribution in [3.63, 3.8) is 0 Å². The van der Waals surface area contributed by atoms with Crippen molar-refractivity contribution in [2.75, 3.05) is 7.11 Å². The average Bonchev–Trinajstić information content (AvgIpc) is 2.28. The first-order chi connectivity index (χ1) is 7.95. The third-order valence-electron chi connectivity index (χ3n) is 2.15. The summed E-state index contributed by atoms with van der Waals surface area (Å²) in [6.07, 6.45) is -0.186. The molecule has 0 radical (unpaired) electrons. The minimum atomic E-state index is -0.971. The van der Waals surface area contributed by atoms with Gasteiger partial charge in [0.05, 0.1) is 24.6 Å². The molecule has 17 heavy (non-hydrogen) atoms. The third kappa shape index (κ3) is 3.70. The van der Waals surface area contributed by atoms with Gasteiger partial charge in [-0.05, 0) is 18.2 Å². The zero-order valence-electron chi connectivity index (χ0n) is 9.07. The van der Waals surface area contributed by atoms with Crippen molar-refractivity contribution in [1.82, 2.24) is 0 Å². The molecule has 1 unspecified atom stereocenters. The van der Waals surface area contributed by atoms with Crippen LogP contribution in [-0.2, 0) is 9.53 Å². The number of benzene rings is 1. The molecule has 0 heterocycles. The SMILES string of the molecule is COC(=O)CC(N)C(=O)c1ccc(Cl)cc1Cl. The standard InChI is InChI=1S/C11H11Cl2NO3/c1-17-10(15)5-9(14)11(16)7-3-2-6(12)4-8(7)13/h2-4,9H,5,14H2,1H3. The predicted molar refractivity (Wildman–Crippen MR) is 65.4 cm³/mol. The van der Waals surface area contributed by atoms with Gasteiger partial charge in [0.1, 0.15) is 0 Å². The second kappa shape index (κ2) is 6.00. The summed E-state index contributed by atoms with van der Waals surface area (Å²) in [5, 5.41) is 0.635. The Morgan fingerprint density at radius 3 is 2.59 bits per heavy atom. The van der Waals surface area contributed by atoms with Crippen molar-refractivity contribution in [3.05, 3.63) is 33.8 Å². The van der Waals surface area contributed by atoms with Crippen LogP contribution in [0.15, 0.2) is 18.2 Å². The molecule has 1 atom stereocenters. The molecule has 0 bridgehead atoms. The van der Waals surface area contributed by atoms with Gasteiger partial charge < -0.3 is 10.5 Å². The Morgan fingerprint density at radius 1 is 1.41 bits per heavy atom. The van der Waals surface area contributed by atoms with Crippen LogP contribution in [0.1, 0.15) is 16.8 Å². The Kier molecular flexibility index (Phi) is 4.93. The molecule has 92 valence electrons. The number of Topliss-reactive ketones (excluding diaryl/α,β-unsaturated/α-hetero) is 1. The highest BCUT2D eigenvalue weighted by Gasteiger charge is 2.21. The molecule has 2 N–H and O–H groups in total. The van der Waals surface area contributed by atoms with Gasteiger partial charge in [-0.3, -0.25) is 9.59 Å². The van der Waals surface area contributed by atoms with Gasteiger partial charge in [0, 0.05) is 10.6 Å². The first-order valence-electron chi connectivity index (χ1n) is 4.77. The summed E-state index contributed by atoms with van der Waals surface area (Å²) >= 11 is 11.6. The third-order valence-corrected chi connectivity index (χ3v) is 2.70. The summed E-state index contributed by atoms with van der Waals surface area (Å²) in [6, 6.07) is 3.48. The van der Waals surface area contributed by atoms with Crippen molar-refractivity contribution >= 4 is 35.0 Å². The van der Waals surface area contributed by atoms with E-state index in [0.29, 0.717) is 5.02 Å². The summed E-state index contributed by atoms with van der Waals surface area (Å²) in [5.41, 5.74) is 5.83. The molecule has 0 aromatic heterocycles. The lowest BCUT2D eigenvalue weighted by Crippen LogP contribution is -2.33. The van der Waals surface area contributed by atoms with Crippen molar-refractivity contribution in [3.8, 4) is 0 Å². The molecule has 6 heteroatoms. The molecule has 1 aromatic carbocycles. The van der Waals surface area contributed by atoms with E-state index in [2.05, 4.69) is 4.74 Å². The predicted octanol–water partition coefficient (Wildman–Crippen LogP) is 2.07. The second-order valence-electron chi connectivity index (χ2n) is 3.38. The van der Waals surface area contributed by atoms with Crippen molar-refractivity contribution < 1.29 is 14.3 Å². The second-order valence-corrected chi connectivity index (χ2v) is 4.22. The maximum Gasteiger partial charge on any atom is 0.307 e. The minimum absolute atomic E-state index is 0.186. The molecule has 0 fully saturated rings. The quantitative estimate of drug-likeness (QED) is 0.675. The van der Waals surface area contributed by atoms with Crippen LogP contribution in [0.5, 0.6) is 0 Å². The van der Waals surface area contributed by atoms with E-state index in [0.717, 1.165) is 0 Å². The maximum atomic E-state index is 11.9. The lowest BCUT2D eigenvalue weighted by Gasteiger charge is -2.10. The van der Waals surface area contributed by atoms with E-state index in [-0.39, 0.29) is 17.0 Å². The van der Waals surface area contributed by atoms with Gasteiger partial charge in [-0.2, -0.15) is 0 Å². The molecule has 1 rings (SSSR count). The monoisotopic (exact) mass is 275 g/mol. The van der Waals surface area contributed by atoms with Gasteiger partial charge in [-0.25, -0.2) is 0 Å². The topological polar surface area (TPSA) is 69.4 Å². The van der Waals surface area contributed by atoms with E-state index < -0.39 is 17.8 Å². The molecule has 0 saturated carbocycles. The van der Waals surface area contributed by atoms with E-state index in [9.17, 15) is 9.59 Å². The summed E-state index contributed by atoms with van der Waals surface area (Å²) in [7, 11) is 1.23. The van der Waals surface area contributed by atoms with Gasteiger partial charge >= 0.3 is 5.97 Å². The van der Waals surface area contributed by atoms with Crippen LogP contribution in [0.25, 0.3) is 0 Å². The summed E-state index contributed by atoms with van der Waals surface area (Å²) in [5.74, 6) is -0.965. The lowest BCUT2D eigenvalue weighted by atomic mass is 10.0. The Morgan fingerprint density at radius 2 is 2.06 bits per heavy atom. The molecule has 0 aliphatic heterocycles. The van der Waals surface area contributed by atoms with E-state index in [1.807, 2.05) is 0 Å². The lowest BCUT2D eigenvalue weighted by molar-refractivity contribution is -0.140. The van der Waals surface area contributed by atoms with E-state index >= 15 is 0 Å². The van der Waals surface area contributed by atoms with Gasteiger partial charge in [0.15, 0.2) is 5.78 Å². The first kappa shape index (κ1) is 14.0. The number of ketones is 1. The fraction of sp³-hybridized carbons (Fsp3) is 0.273. The highest BCUT2D eigenvalue weighted by atomic mass is 35.5. The number of methoxy groups -OCH3 is 1. The Bertz CT molecular complexity index is 448. The molecule has 0 saturated heterocycles. The molecular weight excluding hydrogens is 265 g/mol. The van der Waals surface area contributed by atoms with E-state index in [1.54, 1.807) is 0 Å². The van der Waals surface area contributed by atoms with Gasteiger partial charge in [0.25, 0.3) is 0 Å². The minimum Gasteiger partial charge on any atom is -0.469 e. The fourth-order valence-electron chi connectivity index (χ4n) is 1.24. The smallest absolute Gasteiger partial charge is 0.307 e. The van der Waals surface area contributed by atoms with Gasteiger partial charge in [-0.1, -0.05) is 23.2 Å². The van der Waals surface area contributed by atoms with E-state index in [1.165, 1.54) is 25.3 Å². The zero-order chi connectivity index (χ0) is 13.0. The normalized spacial score (nSPS) is 12.0. The van der Waals surface area contributed by atoms with Gasteiger partial charge in [-0.15, -0.1) is 0 Å². The molecule has 0 aliphatic carbocycles. The number of hydrogen-bond donors (Lipinski definition) is 1. The number of halogens is 2. The van der Waals surface area contributed by atoms with Crippen molar-refractivity contribution in [1.29, 1.82) is 0 Å². The Balaban J connectivity index is 2.85. The molecule has 4 nitrogen and oxygen atoms in total. The average molecular weight is 276 g/mol. The molecule has 1 aromatic rings. The molecule has 0 spiro atoms. The van der Waals surface area contributed by atoms with Crippen LogP contribution in [0.2, 0.25) is 10.0 Å². The van der Waals surface area contributed by atoms with Crippen LogP contribution < -0.4 is 5.73 Å². The number of esters is 1. The first-order valence-corrected chi connectivity index (χ1v) is 5.53. The fourth-order valence-corrected chi connectivity index (χ4v) is 1.75. The number of hydrogen-bond acceptors (Lipinski definition) is 4. The van der Waals surface area contributed by atoms with Crippen molar-refractivity contribution in [2.45, 2.75) is 12.5 Å². The highest BCUT2D eigenvalue weighted by molar-refractivity contribution is 6.37.